The first kappa shape index (κ1) is 21.0. The Morgan fingerprint density at radius 3 is 2.69 bits per heavy atom. The number of aldehydes is 1. The van der Waals surface area contributed by atoms with Crippen LogP contribution >= 0.6 is 0 Å². The number of amides is 1. The van der Waals surface area contributed by atoms with Crippen molar-refractivity contribution < 1.29 is 23.5 Å². The summed E-state index contributed by atoms with van der Waals surface area (Å²) in [6.07, 6.45) is 4.95. The maximum atomic E-state index is 14.0. The highest BCUT2D eigenvalue weighted by Gasteiger charge is 2.21. The number of ether oxygens (including phenoxy) is 2. The van der Waals surface area contributed by atoms with Crippen molar-refractivity contribution in [2.45, 2.75) is 38.6 Å². The van der Waals surface area contributed by atoms with Gasteiger partial charge in [0.15, 0.2) is 6.29 Å². The van der Waals surface area contributed by atoms with Crippen molar-refractivity contribution in [3.63, 3.8) is 0 Å². The lowest BCUT2D eigenvalue weighted by molar-refractivity contribution is -0.118. The molecule has 0 unspecified atom stereocenters. The van der Waals surface area contributed by atoms with Crippen molar-refractivity contribution in [2.75, 3.05) is 19.8 Å². The van der Waals surface area contributed by atoms with E-state index in [1.807, 2.05) is 6.92 Å². The molecule has 29 heavy (non-hydrogen) atoms. The van der Waals surface area contributed by atoms with Gasteiger partial charge in [-0.2, -0.15) is 0 Å². The number of rotatable bonds is 7. The molecule has 154 valence electrons. The molecule has 0 aromatic heterocycles. The van der Waals surface area contributed by atoms with Crippen molar-refractivity contribution in [2.24, 2.45) is 0 Å². The molecule has 0 aliphatic carbocycles. The Morgan fingerprint density at radius 1 is 1.31 bits per heavy atom. The van der Waals surface area contributed by atoms with E-state index in [0.29, 0.717) is 43.7 Å². The summed E-state index contributed by atoms with van der Waals surface area (Å²) in [7, 11) is 0. The molecule has 1 saturated heterocycles. The average Bonchev–Trinajstić information content (AvgIpc) is 3.14. The van der Waals surface area contributed by atoms with Crippen LogP contribution < -0.4 is 5.32 Å². The van der Waals surface area contributed by atoms with Crippen LogP contribution in [0.5, 0.6) is 0 Å². The molecule has 0 atom stereocenters. The van der Waals surface area contributed by atoms with Gasteiger partial charge >= 0.3 is 0 Å². The van der Waals surface area contributed by atoms with E-state index in [1.54, 1.807) is 12.1 Å². The van der Waals surface area contributed by atoms with Gasteiger partial charge in [0.2, 0.25) is 0 Å². The smallest absolute Gasteiger partial charge is 0.250 e. The number of allylic oxidation sites excluding steroid dienone is 1. The Bertz CT molecular complexity index is 866. The maximum Gasteiger partial charge on any atom is 0.250 e. The fraction of sp³-hybridized carbons (Fsp3) is 0.391. The summed E-state index contributed by atoms with van der Waals surface area (Å²) in [4.78, 5) is 23.4. The Labute approximate surface area is 170 Å². The molecular formula is C23H26FNO4. The predicted octanol–water partition coefficient (Wildman–Crippen LogP) is 3.65. The van der Waals surface area contributed by atoms with Crippen LogP contribution in [0.25, 0.3) is 0 Å². The Hall–Kier alpha value is -2.73. The zero-order valence-electron chi connectivity index (χ0n) is 16.6. The van der Waals surface area contributed by atoms with E-state index >= 15 is 0 Å². The lowest BCUT2D eigenvalue weighted by atomic mass is 9.98. The number of hydrogen-bond donors (Lipinski definition) is 1. The number of hydrogen-bond acceptors (Lipinski definition) is 4. The molecule has 1 aromatic carbocycles. The molecule has 0 saturated carbocycles. The molecule has 1 amide bonds. The molecule has 0 radical (unpaired) electrons. The topological polar surface area (TPSA) is 64.6 Å². The van der Waals surface area contributed by atoms with Gasteiger partial charge in [-0.1, -0.05) is 12.6 Å². The van der Waals surface area contributed by atoms with Gasteiger partial charge in [-0.25, -0.2) is 4.39 Å². The summed E-state index contributed by atoms with van der Waals surface area (Å²) in [6.45, 7) is 7.77. The molecule has 3 rings (SSSR count). The fourth-order valence-corrected chi connectivity index (χ4v) is 3.50. The van der Waals surface area contributed by atoms with Crippen molar-refractivity contribution in [1.82, 2.24) is 5.32 Å². The summed E-state index contributed by atoms with van der Waals surface area (Å²) in [5.41, 5.74) is 2.89. The highest BCUT2D eigenvalue weighted by Crippen LogP contribution is 2.29. The SMILES string of the molecule is C=C(/C=C(/Cc1ccc(C=O)c(F)c1)C1=C(C)CCO1)C(=O)NC1CCOCC1. The number of carbonyl (C=O) groups is 2. The first-order chi connectivity index (χ1) is 14.0. The first-order valence-corrected chi connectivity index (χ1v) is 9.82. The molecule has 0 spiro atoms. The van der Waals surface area contributed by atoms with Gasteiger partial charge in [-0.15, -0.1) is 0 Å². The number of halogens is 1. The van der Waals surface area contributed by atoms with Crippen LogP contribution in [-0.2, 0) is 20.7 Å². The molecule has 6 heteroatoms. The standard InChI is InChI=1S/C23H26FNO4/c1-15-5-10-29-22(15)19(12-17-3-4-18(14-26)21(24)13-17)11-16(2)23(27)25-20-6-8-28-9-7-20/h3-4,11,13-14,20H,2,5-10,12H2,1H3,(H,25,27)/b19-11-. The third kappa shape index (κ3) is 5.41. The van der Waals surface area contributed by atoms with E-state index in [0.717, 1.165) is 36.2 Å². The van der Waals surface area contributed by atoms with Crippen molar-refractivity contribution in [1.29, 1.82) is 0 Å². The minimum absolute atomic E-state index is 0.0204. The van der Waals surface area contributed by atoms with Crippen LogP contribution in [-0.4, -0.2) is 38.1 Å². The zero-order valence-corrected chi connectivity index (χ0v) is 16.6. The quantitative estimate of drug-likeness (QED) is 0.432. The van der Waals surface area contributed by atoms with Gasteiger partial charge in [-0.3, -0.25) is 9.59 Å². The van der Waals surface area contributed by atoms with Crippen LogP contribution in [0.2, 0.25) is 0 Å². The van der Waals surface area contributed by atoms with Gasteiger partial charge in [0.1, 0.15) is 11.6 Å². The van der Waals surface area contributed by atoms with Gasteiger partial charge < -0.3 is 14.8 Å². The van der Waals surface area contributed by atoms with E-state index in [-0.39, 0.29) is 17.5 Å². The van der Waals surface area contributed by atoms with Gasteiger partial charge in [0.25, 0.3) is 5.91 Å². The number of carbonyl (C=O) groups excluding carboxylic acids is 2. The van der Waals surface area contributed by atoms with Crippen molar-refractivity contribution >= 4 is 12.2 Å². The fourth-order valence-electron chi connectivity index (χ4n) is 3.50. The summed E-state index contributed by atoms with van der Waals surface area (Å²) in [5.74, 6) is -0.0657. The lowest BCUT2D eigenvalue weighted by Crippen LogP contribution is -2.39. The lowest BCUT2D eigenvalue weighted by Gasteiger charge is -2.23. The molecule has 1 N–H and O–H groups in total. The molecular weight excluding hydrogens is 373 g/mol. The molecule has 2 aliphatic rings. The maximum absolute atomic E-state index is 14.0. The first-order valence-electron chi connectivity index (χ1n) is 9.82. The second kappa shape index (κ2) is 9.65. The second-order valence-electron chi connectivity index (χ2n) is 7.41. The van der Waals surface area contributed by atoms with Gasteiger partial charge in [-0.05, 0) is 54.7 Å². The Balaban J connectivity index is 1.80. The van der Waals surface area contributed by atoms with E-state index < -0.39 is 5.82 Å². The highest BCUT2D eigenvalue weighted by atomic mass is 19.1. The van der Waals surface area contributed by atoms with Gasteiger partial charge in [0.05, 0.1) is 12.2 Å². The van der Waals surface area contributed by atoms with Crippen LogP contribution in [0.3, 0.4) is 0 Å². The molecule has 5 nitrogen and oxygen atoms in total. The molecule has 0 bridgehead atoms. The van der Waals surface area contributed by atoms with Crippen LogP contribution in [0.15, 0.2) is 53.3 Å². The largest absolute Gasteiger partial charge is 0.493 e. The second-order valence-corrected chi connectivity index (χ2v) is 7.41. The predicted molar refractivity (Wildman–Crippen MR) is 108 cm³/mol. The molecule has 2 heterocycles. The van der Waals surface area contributed by atoms with E-state index in [2.05, 4.69) is 11.9 Å². The monoisotopic (exact) mass is 399 g/mol. The number of benzene rings is 1. The van der Waals surface area contributed by atoms with Crippen LogP contribution in [0, 0.1) is 5.82 Å². The molecule has 1 aromatic rings. The minimum atomic E-state index is -0.564. The summed E-state index contributed by atoms with van der Waals surface area (Å²) in [6, 6.07) is 4.58. The van der Waals surface area contributed by atoms with Crippen LogP contribution in [0.1, 0.15) is 42.1 Å². The third-order valence-electron chi connectivity index (χ3n) is 5.19. The van der Waals surface area contributed by atoms with E-state index in [1.165, 1.54) is 12.1 Å². The average molecular weight is 399 g/mol. The van der Waals surface area contributed by atoms with E-state index in [9.17, 15) is 14.0 Å². The third-order valence-corrected chi connectivity index (χ3v) is 5.19. The normalized spacial score (nSPS) is 17.8. The molecule has 2 aliphatic heterocycles. The van der Waals surface area contributed by atoms with Gasteiger partial charge in [0, 0.05) is 37.7 Å². The van der Waals surface area contributed by atoms with E-state index in [4.69, 9.17) is 9.47 Å². The molecule has 1 fully saturated rings. The van der Waals surface area contributed by atoms with Crippen LogP contribution in [0.4, 0.5) is 4.39 Å². The highest BCUT2D eigenvalue weighted by molar-refractivity contribution is 5.96. The number of nitrogens with one attached hydrogen (secondary N) is 1. The van der Waals surface area contributed by atoms with Crippen molar-refractivity contribution in [3.05, 3.63) is 70.3 Å². The minimum Gasteiger partial charge on any atom is -0.493 e. The summed E-state index contributed by atoms with van der Waals surface area (Å²) in [5, 5.41) is 3.00. The van der Waals surface area contributed by atoms with Crippen molar-refractivity contribution in [3.8, 4) is 0 Å². The Kier molecular flexibility index (Phi) is 6.99. The Morgan fingerprint density at radius 2 is 2.07 bits per heavy atom. The summed E-state index contributed by atoms with van der Waals surface area (Å²) < 4.78 is 25.1. The zero-order chi connectivity index (χ0) is 20.8. The summed E-state index contributed by atoms with van der Waals surface area (Å²) >= 11 is 0.